The Morgan fingerprint density at radius 3 is 2.50 bits per heavy atom. The van der Waals surface area contributed by atoms with Gasteiger partial charge in [0.15, 0.2) is 0 Å². The zero-order chi connectivity index (χ0) is 18.7. The molecule has 5 aliphatic rings. The summed E-state index contributed by atoms with van der Waals surface area (Å²) in [6.07, 6.45) is 7.44. The second kappa shape index (κ2) is 4.95. The minimum absolute atomic E-state index is 0.0554. The Balaban J connectivity index is 1.54. The number of carbonyl (C=O) groups is 1. The molecule has 1 heterocycles. The maximum atomic E-state index is 12.5. The zero-order valence-corrected chi connectivity index (χ0v) is 17.2. The minimum atomic E-state index is -0.191. The van der Waals surface area contributed by atoms with Crippen LogP contribution in [0.3, 0.4) is 0 Å². The molecule has 4 aliphatic carbocycles. The van der Waals surface area contributed by atoms with Crippen LogP contribution in [0.5, 0.6) is 0 Å². The number of carbonyl (C=O) groups excluding carboxylic acids is 1. The molecule has 0 bridgehead atoms. The van der Waals surface area contributed by atoms with Crippen molar-refractivity contribution in [3.05, 3.63) is 0 Å². The Labute approximate surface area is 158 Å². The van der Waals surface area contributed by atoms with Crippen LogP contribution in [0.25, 0.3) is 0 Å². The molecule has 10 atom stereocenters. The van der Waals surface area contributed by atoms with E-state index in [1.807, 2.05) is 6.92 Å². The van der Waals surface area contributed by atoms with Gasteiger partial charge in [-0.2, -0.15) is 0 Å². The fourth-order valence-electron chi connectivity index (χ4n) is 9.41. The molecule has 0 aromatic carbocycles. The molecule has 0 amide bonds. The Kier molecular flexibility index (Phi) is 3.36. The van der Waals surface area contributed by atoms with E-state index in [4.69, 9.17) is 4.74 Å². The van der Waals surface area contributed by atoms with Gasteiger partial charge in [0.25, 0.3) is 0 Å². The first-order valence-electron chi connectivity index (χ1n) is 11.0. The smallest absolute Gasteiger partial charge is 0.133 e. The molecule has 0 radical (unpaired) electrons. The number of ether oxygens (including phenoxy) is 1. The summed E-state index contributed by atoms with van der Waals surface area (Å²) in [4.78, 5) is 12.5. The van der Waals surface area contributed by atoms with Crippen molar-refractivity contribution < 1.29 is 14.6 Å². The van der Waals surface area contributed by atoms with Crippen LogP contribution in [0.1, 0.15) is 79.6 Å². The SMILES string of the molecule is CC(=O)[C@H]1C(C)C[C@H]2[C@@H]3CC4(C)OC45CC(O)CC[C@]5(C)[C@H]3CC[C@]12C. The van der Waals surface area contributed by atoms with Crippen molar-refractivity contribution in [3.63, 3.8) is 0 Å². The normalized spacial score (nSPS) is 63.3. The van der Waals surface area contributed by atoms with E-state index >= 15 is 0 Å². The third-order valence-corrected chi connectivity index (χ3v) is 10.3. The van der Waals surface area contributed by atoms with E-state index in [1.165, 1.54) is 19.3 Å². The lowest BCUT2D eigenvalue weighted by molar-refractivity contribution is -0.136. The van der Waals surface area contributed by atoms with Gasteiger partial charge in [-0.1, -0.05) is 20.8 Å². The van der Waals surface area contributed by atoms with Crippen LogP contribution >= 0.6 is 0 Å². The Morgan fingerprint density at radius 1 is 1.08 bits per heavy atom. The van der Waals surface area contributed by atoms with Crippen LogP contribution in [0.15, 0.2) is 0 Å². The lowest BCUT2D eigenvalue weighted by Gasteiger charge is -2.60. The topological polar surface area (TPSA) is 49.8 Å². The quantitative estimate of drug-likeness (QED) is 0.707. The van der Waals surface area contributed by atoms with Crippen molar-refractivity contribution >= 4 is 5.78 Å². The first-order valence-corrected chi connectivity index (χ1v) is 11.0. The van der Waals surface area contributed by atoms with Crippen molar-refractivity contribution in [3.8, 4) is 0 Å². The third kappa shape index (κ3) is 1.81. The predicted molar refractivity (Wildman–Crippen MR) is 101 cm³/mol. The van der Waals surface area contributed by atoms with Crippen LogP contribution in [0, 0.1) is 40.4 Å². The second-order valence-corrected chi connectivity index (χ2v) is 11.4. The van der Waals surface area contributed by atoms with Gasteiger partial charge >= 0.3 is 0 Å². The highest BCUT2D eigenvalue weighted by Gasteiger charge is 2.81. The molecule has 4 unspecified atom stereocenters. The molecule has 0 aromatic heterocycles. The summed E-state index contributed by atoms with van der Waals surface area (Å²) in [5, 5.41) is 10.4. The van der Waals surface area contributed by atoms with E-state index in [2.05, 4.69) is 27.7 Å². The molecule has 0 aromatic rings. The summed E-state index contributed by atoms with van der Waals surface area (Å²) >= 11 is 0. The molecule has 1 saturated heterocycles. The highest BCUT2D eigenvalue weighted by molar-refractivity contribution is 5.80. The third-order valence-electron chi connectivity index (χ3n) is 10.3. The fourth-order valence-corrected chi connectivity index (χ4v) is 9.41. The van der Waals surface area contributed by atoms with Crippen LogP contribution in [-0.4, -0.2) is 28.2 Å². The summed E-state index contributed by atoms with van der Waals surface area (Å²) in [6, 6.07) is 0. The molecule has 146 valence electrons. The highest BCUT2D eigenvalue weighted by Crippen LogP contribution is 2.77. The number of rotatable bonds is 1. The van der Waals surface area contributed by atoms with Gasteiger partial charge in [0.05, 0.1) is 11.7 Å². The largest absolute Gasteiger partial charge is 0.393 e. The molecule has 1 aliphatic heterocycles. The van der Waals surface area contributed by atoms with Crippen LogP contribution in [-0.2, 0) is 9.53 Å². The summed E-state index contributed by atoms with van der Waals surface area (Å²) in [5.41, 5.74) is 0.238. The highest BCUT2D eigenvalue weighted by atomic mass is 16.6. The Bertz CT molecular complexity index is 660. The number of aliphatic hydroxyl groups excluding tert-OH is 1. The lowest BCUT2D eigenvalue weighted by atomic mass is 9.42. The number of fused-ring (bicyclic) bond motifs is 4. The van der Waals surface area contributed by atoms with Crippen molar-refractivity contribution in [2.75, 3.05) is 0 Å². The van der Waals surface area contributed by atoms with Crippen molar-refractivity contribution in [1.29, 1.82) is 0 Å². The maximum absolute atomic E-state index is 12.5. The molecule has 4 saturated carbocycles. The number of epoxide rings is 1. The van der Waals surface area contributed by atoms with Crippen molar-refractivity contribution in [2.24, 2.45) is 40.4 Å². The van der Waals surface area contributed by atoms with Gasteiger partial charge in [0, 0.05) is 17.8 Å². The van der Waals surface area contributed by atoms with Crippen LogP contribution in [0.2, 0.25) is 0 Å². The molecule has 3 heteroatoms. The monoisotopic (exact) mass is 360 g/mol. The zero-order valence-electron chi connectivity index (χ0n) is 17.2. The van der Waals surface area contributed by atoms with Gasteiger partial charge in [0.1, 0.15) is 11.4 Å². The Morgan fingerprint density at radius 2 is 1.81 bits per heavy atom. The molecule has 26 heavy (non-hydrogen) atoms. The minimum Gasteiger partial charge on any atom is -0.393 e. The summed E-state index contributed by atoms with van der Waals surface area (Å²) < 4.78 is 6.58. The number of hydrogen-bond acceptors (Lipinski definition) is 3. The second-order valence-electron chi connectivity index (χ2n) is 11.4. The van der Waals surface area contributed by atoms with E-state index in [1.54, 1.807) is 0 Å². The van der Waals surface area contributed by atoms with Crippen molar-refractivity contribution in [1.82, 2.24) is 0 Å². The lowest BCUT2D eigenvalue weighted by Crippen LogP contribution is -2.60. The first kappa shape index (κ1) is 17.7. The molecule has 3 nitrogen and oxygen atoms in total. The van der Waals surface area contributed by atoms with Gasteiger partial charge in [-0.3, -0.25) is 4.79 Å². The van der Waals surface area contributed by atoms with E-state index in [0.29, 0.717) is 29.5 Å². The van der Waals surface area contributed by atoms with Gasteiger partial charge in [0.2, 0.25) is 0 Å². The van der Waals surface area contributed by atoms with E-state index in [9.17, 15) is 9.90 Å². The number of ketones is 1. The van der Waals surface area contributed by atoms with E-state index < -0.39 is 0 Å². The first-order chi connectivity index (χ1) is 12.1. The van der Waals surface area contributed by atoms with Gasteiger partial charge in [-0.15, -0.1) is 0 Å². The Hall–Kier alpha value is -0.410. The molecule has 5 rings (SSSR count). The standard InChI is InChI=1S/C23H36O3/c1-13-10-18-16-12-22(5)23(26-22)11-15(25)6-9-21(23,4)17(16)7-8-20(18,3)19(13)14(2)24/h13,15-19,25H,6-12H2,1-5H3/t13?,15?,16-,17+,18+,19-,20+,21-,22?,23?/m1/s1. The fraction of sp³-hybridized carbons (Fsp3) is 0.957. The van der Waals surface area contributed by atoms with Crippen molar-refractivity contribution in [2.45, 2.75) is 96.9 Å². The van der Waals surface area contributed by atoms with Crippen LogP contribution in [0.4, 0.5) is 0 Å². The number of hydrogen-bond donors (Lipinski definition) is 1. The molecule has 5 fully saturated rings. The average molecular weight is 361 g/mol. The average Bonchev–Trinajstić information content (AvgIpc) is 3.01. The predicted octanol–water partition coefficient (Wildman–Crippen LogP) is 4.36. The summed E-state index contributed by atoms with van der Waals surface area (Å²) in [5.74, 6) is 3.21. The molecular weight excluding hydrogens is 324 g/mol. The maximum Gasteiger partial charge on any atom is 0.133 e. The van der Waals surface area contributed by atoms with Gasteiger partial charge < -0.3 is 9.84 Å². The van der Waals surface area contributed by atoms with Crippen LogP contribution < -0.4 is 0 Å². The van der Waals surface area contributed by atoms with Gasteiger partial charge in [-0.25, -0.2) is 0 Å². The summed E-state index contributed by atoms with van der Waals surface area (Å²) in [6.45, 7) is 11.3. The molecule has 1 spiro atoms. The summed E-state index contributed by atoms with van der Waals surface area (Å²) in [7, 11) is 0. The molecule has 1 N–H and O–H groups in total. The number of aliphatic hydroxyl groups is 1. The van der Waals surface area contributed by atoms with E-state index in [-0.39, 0.29) is 34.1 Å². The van der Waals surface area contributed by atoms with E-state index in [0.717, 1.165) is 25.7 Å². The van der Waals surface area contributed by atoms with Gasteiger partial charge in [-0.05, 0) is 81.5 Å². The number of Topliss-reactive ketones (excluding diaryl/α,β-unsaturated/α-hetero) is 1. The molecular formula is C23H36O3.